The highest BCUT2D eigenvalue weighted by Crippen LogP contribution is 2.52. The first-order valence-electron chi connectivity index (χ1n) is 9.07. The maximum absolute atomic E-state index is 14.1. The number of rotatable bonds is 9. The predicted molar refractivity (Wildman–Crippen MR) is 113 cm³/mol. The smallest absolute Gasteiger partial charge is 0.228 e. The summed E-state index contributed by atoms with van der Waals surface area (Å²) >= 11 is 12.5. The van der Waals surface area contributed by atoms with Crippen molar-refractivity contribution in [2.24, 2.45) is 5.92 Å². The van der Waals surface area contributed by atoms with Crippen LogP contribution in [0.4, 0.5) is 0 Å². The highest BCUT2D eigenvalue weighted by atomic mass is 35.5. The molecular formula is C21H25Cl2O2P. The summed E-state index contributed by atoms with van der Waals surface area (Å²) in [4.78, 5) is 13.4. The molecule has 26 heavy (non-hydrogen) atoms. The lowest BCUT2D eigenvalue weighted by atomic mass is 10.0. The molecule has 0 spiro atoms. The molecule has 0 fully saturated rings. The number of hydrogen-bond donors (Lipinski definition) is 0. The Kier molecular flexibility index (Phi) is 7.95. The van der Waals surface area contributed by atoms with Crippen LogP contribution in [0, 0.1) is 5.92 Å². The molecule has 0 aliphatic carbocycles. The summed E-state index contributed by atoms with van der Waals surface area (Å²) in [7, 11) is -3.36. The second-order valence-electron chi connectivity index (χ2n) is 6.58. The third-order valence-electron chi connectivity index (χ3n) is 4.74. The van der Waals surface area contributed by atoms with E-state index in [-0.39, 0.29) is 21.5 Å². The third-order valence-corrected chi connectivity index (χ3v) is 8.41. The molecule has 2 atom stereocenters. The Morgan fingerprint density at radius 3 is 2.15 bits per heavy atom. The first-order chi connectivity index (χ1) is 12.4. The topological polar surface area (TPSA) is 34.1 Å². The summed E-state index contributed by atoms with van der Waals surface area (Å²) in [6.07, 6.45) is 4.35. The lowest BCUT2D eigenvalue weighted by molar-refractivity contribution is 0.107. The van der Waals surface area contributed by atoms with Crippen molar-refractivity contribution in [3.8, 4) is 0 Å². The molecule has 2 unspecified atom stereocenters. The largest absolute Gasteiger partial charge is 0.310 e. The van der Waals surface area contributed by atoms with E-state index >= 15 is 0 Å². The second-order valence-corrected chi connectivity index (χ2v) is 10.2. The Hall–Kier alpha value is -1.08. The van der Waals surface area contributed by atoms with Gasteiger partial charge in [0.05, 0.1) is 15.6 Å². The Labute approximate surface area is 166 Å². The van der Waals surface area contributed by atoms with E-state index in [2.05, 4.69) is 13.8 Å². The van der Waals surface area contributed by atoms with Gasteiger partial charge in [-0.25, -0.2) is 0 Å². The zero-order valence-electron chi connectivity index (χ0n) is 15.3. The van der Waals surface area contributed by atoms with Gasteiger partial charge in [0.25, 0.3) is 0 Å². The zero-order valence-corrected chi connectivity index (χ0v) is 17.7. The molecule has 0 bridgehead atoms. The van der Waals surface area contributed by atoms with Gasteiger partial charge in [0.2, 0.25) is 5.52 Å². The minimum absolute atomic E-state index is 0.174. The molecule has 5 heteroatoms. The molecule has 0 aromatic heterocycles. The first-order valence-corrected chi connectivity index (χ1v) is 11.7. The first kappa shape index (κ1) is 21.2. The van der Waals surface area contributed by atoms with E-state index in [1.54, 1.807) is 30.3 Å². The molecular weight excluding hydrogens is 386 g/mol. The molecule has 0 heterocycles. The van der Waals surface area contributed by atoms with E-state index < -0.39 is 12.7 Å². The van der Waals surface area contributed by atoms with Gasteiger partial charge in [-0.15, -0.1) is 0 Å². The van der Waals surface area contributed by atoms with E-state index in [1.807, 2.05) is 18.2 Å². The summed E-state index contributed by atoms with van der Waals surface area (Å²) in [5.74, 6) is 0.228. The van der Waals surface area contributed by atoms with Crippen LogP contribution < -0.4 is 5.30 Å². The van der Waals surface area contributed by atoms with Crippen molar-refractivity contribution in [2.45, 2.75) is 39.5 Å². The highest BCUT2D eigenvalue weighted by Gasteiger charge is 2.38. The van der Waals surface area contributed by atoms with Crippen LogP contribution in [0.5, 0.6) is 0 Å². The molecule has 0 aliphatic rings. The maximum Gasteiger partial charge on any atom is 0.228 e. The fraction of sp³-hybridized carbons (Fsp3) is 0.381. The molecule has 2 nitrogen and oxygen atoms in total. The van der Waals surface area contributed by atoms with Crippen molar-refractivity contribution in [3.05, 3.63) is 64.1 Å². The molecule has 2 aromatic rings. The molecule has 0 N–H and O–H groups in total. The Morgan fingerprint density at radius 1 is 1.00 bits per heavy atom. The van der Waals surface area contributed by atoms with Gasteiger partial charge in [-0.1, -0.05) is 92.7 Å². The average Bonchev–Trinajstić information content (AvgIpc) is 2.65. The number of halogens is 2. The minimum Gasteiger partial charge on any atom is -0.310 e. The Morgan fingerprint density at radius 2 is 1.62 bits per heavy atom. The van der Waals surface area contributed by atoms with Crippen molar-refractivity contribution in [2.75, 3.05) is 6.16 Å². The molecule has 140 valence electrons. The van der Waals surface area contributed by atoms with E-state index in [9.17, 15) is 9.36 Å². The monoisotopic (exact) mass is 410 g/mol. The molecule has 2 aromatic carbocycles. The molecule has 0 saturated heterocycles. The Bertz CT molecular complexity index is 770. The lowest BCUT2D eigenvalue weighted by Crippen LogP contribution is -2.20. The van der Waals surface area contributed by atoms with Crippen LogP contribution in [0.15, 0.2) is 48.5 Å². The molecule has 0 saturated carbocycles. The number of benzene rings is 2. The predicted octanol–water partition coefficient (Wildman–Crippen LogP) is 7.04. The number of carbonyl (C=O) groups excluding carboxylic acids is 1. The summed E-state index contributed by atoms with van der Waals surface area (Å²) in [6.45, 7) is 4.22. The highest BCUT2D eigenvalue weighted by molar-refractivity contribution is 7.87. The molecule has 0 aliphatic heterocycles. The normalized spacial score (nSPS) is 14.6. The summed E-state index contributed by atoms with van der Waals surface area (Å²) in [5, 5.41) is 1.08. The van der Waals surface area contributed by atoms with Crippen LogP contribution in [-0.4, -0.2) is 11.7 Å². The average molecular weight is 411 g/mol. The molecule has 0 amide bonds. The van der Waals surface area contributed by atoms with Crippen LogP contribution in [0.1, 0.15) is 49.9 Å². The number of carbonyl (C=O) groups is 1. The van der Waals surface area contributed by atoms with Crippen LogP contribution in [0.3, 0.4) is 0 Å². The standard InChI is InChI=1S/C21H25Cl2O2P/c1-3-5-10-16(4-2)15-26(25,17-11-7-6-8-12-17)21(24)20-18(22)13-9-14-19(20)23/h6-9,11-14,16H,3-5,10,15H2,1-2H3. The molecule has 0 radical (unpaired) electrons. The lowest BCUT2D eigenvalue weighted by Gasteiger charge is -2.24. The summed E-state index contributed by atoms with van der Waals surface area (Å²) < 4.78 is 14.1. The van der Waals surface area contributed by atoms with Gasteiger partial charge in [-0.3, -0.25) is 4.79 Å². The summed E-state index contributed by atoms with van der Waals surface area (Å²) in [6, 6.07) is 14.0. The van der Waals surface area contributed by atoms with Gasteiger partial charge in [-0.05, 0) is 24.5 Å². The second kappa shape index (κ2) is 9.74. The van der Waals surface area contributed by atoms with Gasteiger partial charge in [0.15, 0.2) is 7.14 Å². The van der Waals surface area contributed by atoms with Crippen molar-refractivity contribution in [3.63, 3.8) is 0 Å². The Balaban J connectivity index is 2.51. The van der Waals surface area contributed by atoms with Crippen molar-refractivity contribution in [1.82, 2.24) is 0 Å². The van der Waals surface area contributed by atoms with E-state index in [1.165, 1.54) is 0 Å². The third kappa shape index (κ3) is 4.80. The van der Waals surface area contributed by atoms with Crippen molar-refractivity contribution >= 4 is 41.2 Å². The van der Waals surface area contributed by atoms with Crippen molar-refractivity contribution in [1.29, 1.82) is 0 Å². The van der Waals surface area contributed by atoms with Crippen LogP contribution in [-0.2, 0) is 4.57 Å². The van der Waals surface area contributed by atoms with E-state index in [0.29, 0.717) is 11.5 Å². The molecule has 2 rings (SSSR count). The van der Waals surface area contributed by atoms with Gasteiger partial charge >= 0.3 is 0 Å². The van der Waals surface area contributed by atoms with Crippen LogP contribution in [0.2, 0.25) is 10.0 Å². The summed E-state index contributed by atoms with van der Waals surface area (Å²) in [5.41, 5.74) is -0.261. The SMILES string of the molecule is CCCCC(CC)CP(=O)(C(=O)c1c(Cl)cccc1Cl)c1ccccc1. The van der Waals surface area contributed by atoms with Gasteiger partial charge in [-0.2, -0.15) is 0 Å². The fourth-order valence-electron chi connectivity index (χ4n) is 3.14. The van der Waals surface area contributed by atoms with E-state index in [4.69, 9.17) is 23.2 Å². The number of unbranched alkanes of at least 4 members (excludes halogenated alkanes) is 1. The van der Waals surface area contributed by atoms with Gasteiger partial charge in [0.1, 0.15) is 0 Å². The van der Waals surface area contributed by atoms with Crippen LogP contribution >= 0.6 is 30.3 Å². The van der Waals surface area contributed by atoms with Crippen molar-refractivity contribution < 1.29 is 9.36 Å². The quantitative estimate of drug-likeness (QED) is 0.415. The fourth-order valence-corrected chi connectivity index (χ4v) is 6.87. The van der Waals surface area contributed by atoms with Gasteiger partial charge in [0, 0.05) is 11.5 Å². The number of hydrogen-bond acceptors (Lipinski definition) is 2. The zero-order chi connectivity index (χ0) is 19.2. The van der Waals surface area contributed by atoms with Crippen LogP contribution in [0.25, 0.3) is 0 Å². The minimum atomic E-state index is -3.36. The van der Waals surface area contributed by atoms with Gasteiger partial charge < -0.3 is 4.57 Å². The van der Waals surface area contributed by atoms with E-state index in [0.717, 1.165) is 25.7 Å². The maximum atomic E-state index is 14.1.